The van der Waals surface area contributed by atoms with Crippen LogP contribution in [-0.4, -0.2) is 0 Å². The topological polar surface area (TPSA) is 0 Å². The number of hydrogen-bond acceptors (Lipinski definition) is 0. The third-order valence-electron chi connectivity index (χ3n) is 5.36. The Balaban J connectivity index is 1.77. The molecule has 0 atom stereocenters. The molecule has 0 unspecified atom stereocenters. The molecule has 116 valence electrons. The van der Waals surface area contributed by atoms with Gasteiger partial charge in [-0.3, -0.25) is 0 Å². The molecule has 0 nitrogen and oxygen atoms in total. The molecule has 22 heavy (non-hydrogen) atoms. The molecular formula is C22H28. The first-order valence-electron chi connectivity index (χ1n) is 8.97. The maximum Gasteiger partial charge on any atom is 0.0187 e. The van der Waals surface area contributed by atoms with Gasteiger partial charge in [-0.25, -0.2) is 0 Å². The van der Waals surface area contributed by atoms with Crippen LogP contribution < -0.4 is 0 Å². The van der Waals surface area contributed by atoms with Gasteiger partial charge in [0.1, 0.15) is 0 Å². The van der Waals surface area contributed by atoms with E-state index < -0.39 is 0 Å². The summed E-state index contributed by atoms with van der Waals surface area (Å²) >= 11 is 0. The molecular weight excluding hydrogens is 264 g/mol. The van der Waals surface area contributed by atoms with Gasteiger partial charge in [-0.15, -0.1) is 0 Å². The van der Waals surface area contributed by atoms with Gasteiger partial charge >= 0.3 is 0 Å². The zero-order chi connectivity index (χ0) is 15.4. The maximum absolute atomic E-state index is 2.45. The summed E-state index contributed by atoms with van der Waals surface area (Å²) in [6.07, 6.45) is 9.50. The average molecular weight is 292 g/mol. The zero-order valence-electron chi connectivity index (χ0n) is 14.1. The summed E-state index contributed by atoms with van der Waals surface area (Å²) in [6, 6.07) is 18.0. The van der Waals surface area contributed by atoms with E-state index in [1.807, 2.05) is 0 Å². The minimum atomic E-state index is 0.206. The molecule has 0 fully saturated rings. The molecule has 0 amide bonds. The second-order valence-electron chi connectivity index (χ2n) is 6.94. The fourth-order valence-electron chi connectivity index (χ4n) is 4.07. The molecule has 0 heterocycles. The Kier molecular flexibility index (Phi) is 4.66. The predicted octanol–water partition coefficient (Wildman–Crippen LogP) is 6.72. The highest BCUT2D eigenvalue weighted by Crippen LogP contribution is 2.50. The van der Waals surface area contributed by atoms with Crippen molar-refractivity contribution >= 4 is 0 Å². The number of benzene rings is 2. The normalized spacial score (nSPS) is 14.6. The van der Waals surface area contributed by atoms with Gasteiger partial charge in [0.25, 0.3) is 0 Å². The third-order valence-corrected chi connectivity index (χ3v) is 5.36. The molecule has 0 saturated carbocycles. The highest BCUT2D eigenvalue weighted by Gasteiger charge is 2.37. The van der Waals surface area contributed by atoms with E-state index in [1.54, 1.807) is 0 Å². The zero-order valence-corrected chi connectivity index (χ0v) is 14.1. The van der Waals surface area contributed by atoms with Gasteiger partial charge in [-0.05, 0) is 28.7 Å². The standard InChI is InChI=1S/C22H28/c1-3-4-5-6-7-12-17-22(2)20-15-10-8-13-18(20)19-14-9-11-16-21(19)22/h8-11,13-16H,3-7,12,17H2,1-2H3. The van der Waals surface area contributed by atoms with Gasteiger partial charge in [0.2, 0.25) is 0 Å². The quantitative estimate of drug-likeness (QED) is 0.497. The number of rotatable bonds is 7. The van der Waals surface area contributed by atoms with Crippen LogP contribution in [0.2, 0.25) is 0 Å². The Morgan fingerprint density at radius 1 is 0.682 bits per heavy atom. The van der Waals surface area contributed by atoms with Crippen LogP contribution in [0.15, 0.2) is 48.5 Å². The minimum Gasteiger partial charge on any atom is -0.0654 e. The Bertz CT molecular complexity index is 578. The van der Waals surface area contributed by atoms with Gasteiger partial charge in [0, 0.05) is 5.41 Å². The van der Waals surface area contributed by atoms with Crippen molar-refractivity contribution in [2.24, 2.45) is 0 Å². The SMILES string of the molecule is CCCCCCCCC1(C)c2ccccc2-c2ccccc21. The largest absolute Gasteiger partial charge is 0.0654 e. The Hall–Kier alpha value is -1.56. The lowest BCUT2D eigenvalue weighted by Crippen LogP contribution is -2.20. The van der Waals surface area contributed by atoms with Crippen molar-refractivity contribution in [3.05, 3.63) is 59.7 Å². The lowest BCUT2D eigenvalue weighted by molar-refractivity contribution is 0.481. The smallest absolute Gasteiger partial charge is 0.0187 e. The molecule has 0 spiro atoms. The van der Waals surface area contributed by atoms with Gasteiger partial charge in [-0.1, -0.05) is 101 Å². The molecule has 1 aliphatic rings. The van der Waals surface area contributed by atoms with Crippen molar-refractivity contribution in [3.63, 3.8) is 0 Å². The van der Waals surface area contributed by atoms with Crippen molar-refractivity contribution < 1.29 is 0 Å². The molecule has 0 aromatic heterocycles. The van der Waals surface area contributed by atoms with Crippen LogP contribution in [-0.2, 0) is 5.41 Å². The fourth-order valence-corrected chi connectivity index (χ4v) is 4.07. The number of fused-ring (bicyclic) bond motifs is 3. The maximum atomic E-state index is 2.45. The first-order chi connectivity index (χ1) is 10.8. The van der Waals surface area contributed by atoms with E-state index >= 15 is 0 Å². The second-order valence-corrected chi connectivity index (χ2v) is 6.94. The van der Waals surface area contributed by atoms with E-state index in [4.69, 9.17) is 0 Å². The molecule has 0 heteroatoms. The van der Waals surface area contributed by atoms with E-state index in [1.165, 1.54) is 67.2 Å². The molecule has 0 aliphatic heterocycles. The van der Waals surface area contributed by atoms with E-state index in [0.29, 0.717) is 0 Å². The van der Waals surface area contributed by atoms with Crippen LogP contribution >= 0.6 is 0 Å². The second kappa shape index (κ2) is 6.69. The van der Waals surface area contributed by atoms with Crippen molar-refractivity contribution in [3.8, 4) is 11.1 Å². The van der Waals surface area contributed by atoms with Gasteiger partial charge < -0.3 is 0 Å². The summed E-state index contributed by atoms with van der Waals surface area (Å²) < 4.78 is 0. The summed E-state index contributed by atoms with van der Waals surface area (Å²) in [5, 5.41) is 0. The summed E-state index contributed by atoms with van der Waals surface area (Å²) in [5.74, 6) is 0. The molecule has 0 saturated heterocycles. The highest BCUT2D eigenvalue weighted by atomic mass is 14.4. The summed E-state index contributed by atoms with van der Waals surface area (Å²) in [4.78, 5) is 0. The highest BCUT2D eigenvalue weighted by molar-refractivity contribution is 5.80. The predicted molar refractivity (Wildman–Crippen MR) is 96.3 cm³/mol. The van der Waals surface area contributed by atoms with Crippen LogP contribution in [0.3, 0.4) is 0 Å². The molecule has 0 N–H and O–H groups in total. The first-order valence-corrected chi connectivity index (χ1v) is 8.97. The van der Waals surface area contributed by atoms with Gasteiger partial charge in [-0.2, -0.15) is 0 Å². The van der Waals surface area contributed by atoms with Crippen LogP contribution in [0.5, 0.6) is 0 Å². The lowest BCUT2D eigenvalue weighted by atomic mass is 9.76. The first kappa shape index (κ1) is 15.3. The van der Waals surface area contributed by atoms with Crippen LogP contribution in [0, 0.1) is 0 Å². The van der Waals surface area contributed by atoms with E-state index in [2.05, 4.69) is 62.4 Å². The molecule has 2 aromatic rings. The van der Waals surface area contributed by atoms with E-state index in [0.717, 1.165) is 0 Å². The summed E-state index contributed by atoms with van der Waals surface area (Å²) in [5.41, 5.74) is 6.17. The number of unbranched alkanes of at least 4 members (excludes halogenated alkanes) is 5. The number of hydrogen-bond donors (Lipinski definition) is 0. The lowest BCUT2D eigenvalue weighted by Gasteiger charge is -2.27. The van der Waals surface area contributed by atoms with Gasteiger partial charge in [0.05, 0.1) is 0 Å². The Morgan fingerprint density at radius 3 is 1.77 bits per heavy atom. The van der Waals surface area contributed by atoms with E-state index in [-0.39, 0.29) is 5.41 Å². The molecule has 3 rings (SSSR count). The van der Waals surface area contributed by atoms with Gasteiger partial charge in [0.15, 0.2) is 0 Å². The average Bonchev–Trinajstić information content (AvgIpc) is 2.82. The van der Waals surface area contributed by atoms with E-state index in [9.17, 15) is 0 Å². The molecule has 0 bridgehead atoms. The molecule has 0 radical (unpaired) electrons. The molecule has 2 aromatic carbocycles. The molecule has 1 aliphatic carbocycles. The monoisotopic (exact) mass is 292 g/mol. The summed E-state index contributed by atoms with van der Waals surface area (Å²) in [7, 11) is 0. The van der Waals surface area contributed by atoms with Crippen LogP contribution in [0.25, 0.3) is 11.1 Å². The van der Waals surface area contributed by atoms with Crippen molar-refractivity contribution in [2.45, 2.75) is 64.2 Å². The van der Waals surface area contributed by atoms with Crippen LogP contribution in [0.1, 0.15) is 69.9 Å². The minimum absolute atomic E-state index is 0.206. The van der Waals surface area contributed by atoms with Crippen molar-refractivity contribution in [1.82, 2.24) is 0 Å². The Morgan fingerprint density at radius 2 is 1.18 bits per heavy atom. The van der Waals surface area contributed by atoms with Crippen molar-refractivity contribution in [1.29, 1.82) is 0 Å². The third kappa shape index (κ3) is 2.72. The Labute approximate surface area is 135 Å². The summed E-state index contributed by atoms with van der Waals surface area (Å²) in [6.45, 7) is 4.73. The van der Waals surface area contributed by atoms with Crippen LogP contribution in [0.4, 0.5) is 0 Å². The fraction of sp³-hybridized carbons (Fsp3) is 0.455. The van der Waals surface area contributed by atoms with Crippen molar-refractivity contribution in [2.75, 3.05) is 0 Å².